The Labute approximate surface area is 224 Å². The molecule has 0 saturated carbocycles. The van der Waals surface area contributed by atoms with Crippen molar-refractivity contribution in [2.75, 3.05) is 0 Å². The molecule has 2 aromatic carbocycles. The van der Waals surface area contributed by atoms with Gasteiger partial charge in [-0.15, -0.1) is 34.4 Å². The summed E-state index contributed by atoms with van der Waals surface area (Å²) in [6.07, 6.45) is 1.46. The monoisotopic (exact) mass is 639 g/mol. The number of hydrogen-bond donors (Lipinski definition) is 0. The van der Waals surface area contributed by atoms with Gasteiger partial charge >= 0.3 is 21.1 Å². The van der Waals surface area contributed by atoms with E-state index < -0.39 is 0 Å². The molecule has 0 N–H and O–H groups in total. The number of fused-ring (bicyclic) bond motifs is 10. The maximum Gasteiger partial charge on any atom is 2.00 e. The first kappa shape index (κ1) is 25.5. The standard InChI is InChI=1S/C32H32N2.Pt/c1-31(2,3)25-15-21-13-23(19-25)24-14-22(16-26(20-24)32(4,5)6)18-28-10-8-12-30(34-28)29-11-7-9-27(17-21)33-29;/h7-12,15-16,19-20H,17-18H2,1-6H3;/q-2;+2. The molecule has 2 nitrogen and oxygen atoms in total. The van der Waals surface area contributed by atoms with Gasteiger partial charge in [-0.1, -0.05) is 53.7 Å². The van der Waals surface area contributed by atoms with Crippen LogP contribution in [0, 0.1) is 12.1 Å². The molecule has 1 aliphatic rings. The van der Waals surface area contributed by atoms with E-state index in [1.54, 1.807) is 0 Å². The summed E-state index contributed by atoms with van der Waals surface area (Å²) in [5, 5.41) is 0. The van der Waals surface area contributed by atoms with E-state index in [0.29, 0.717) is 0 Å². The van der Waals surface area contributed by atoms with Crippen molar-refractivity contribution in [3.8, 4) is 22.5 Å². The Morgan fingerprint density at radius 2 is 1.00 bits per heavy atom. The van der Waals surface area contributed by atoms with E-state index in [1.807, 2.05) is 12.1 Å². The Bertz CT molecular complexity index is 1270. The summed E-state index contributed by atoms with van der Waals surface area (Å²) in [4.78, 5) is 9.93. The van der Waals surface area contributed by atoms with Crippen LogP contribution in [-0.2, 0) is 44.7 Å². The molecule has 5 rings (SSSR count). The van der Waals surface area contributed by atoms with E-state index in [4.69, 9.17) is 9.97 Å². The zero-order chi connectivity index (χ0) is 24.1. The molecule has 4 aromatic rings. The summed E-state index contributed by atoms with van der Waals surface area (Å²) in [6, 6.07) is 29.1. The van der Waals surface area contributed by atoms with Crippen LogP contribution in [0.5, 0.6) is 0 Å². The number of benzene rings is 2. The molecule has 3 heterocycles. The minimum Gasteiger partial charge on any atom is -0.251 e. The van der Waals surface area contributed by atoms with Crippen molar-refractivity contribution >= 4 is 0 Å². The van der Waals surface area contributed by atoms with E-state index in [9.17, 15) is 0 Å². The Balaban J connectivity index is 0.00000289. The Morgan fingerprint density at radius 1 is 0.600 bits per heavy atom. The number of aromatic nitrogens is 2. The molecule has 0 amide bonds. The summed E-state index contributed by atoms with van der Waals surface area (Å²) in [5.74, 6) is 0. The van der Waals surface area contributed by atoms with Crippen LogP contribution in [-0.4, -0.2) is 9.97 Å². The fraction of sp³-hybridized carbons (Fsp3) is 0.312. The fourth-order valence-electron chi connectivity index (χ4n) is 4.44. The molecule has 0 unspecified atom stereocenters. The molecular formula is C32H32N2Pt. The number of hydrogen-bond acceptors (Lipinski definition) is 2. The van der Waals surface area contributed by atoms with Gasteiger partial charge in [0, 0.05) is 11.4 Å². The van der Waals surface area contributed by atoms with E-state index in [0.717, 1.165) is 57.9 Å². The number of pyridine rings is 2. The first-order valence-corrected chi connectivity index (χ1v) is 12.1. The summed E-state index contributed by atoms with van der Waals surface area (Å²) in [5.41, 5.74) is 11.1. The molecule has 0 radical (unpaired) electrons. The largest absolute Gasteiger partial charge is 2.00 e. The molecule has 2 aromatic heterocycles. The topological polar surface area (TPSA) is 25.8 Å². The van der Waals surface area contributed by atoms with Crippen LogP contribution in [0.1, 0.15) is 75.2 Å². The van der Waals surface area contributed by atoms with Crippen LogP contribution in [0.4, 0.5) is 0 Å². The normalized spacial score (nSPS) is 13.0. The molecule has 0 fully saturated rings. The zero-order valence-electron chi connectivity index (χ0n) is 21.4. The summed E-state index contributed by atoms with van der Waals surface area (Å²) >= 11 is 0. The number of nitrogens with zero attached hydrogens (tertiary/aromatic N) is 2. The maximum atomic E-state index is 4.96. The predicted molar refractivity (Wildman–Crippen MR) is 140 cm³/mol. The van der Waals surface area contributed by atoms with Crippen molar-refractivity contribution in [2.24, 2.45) is 0 Å². The van der Waals surface area contributed by atoms with Crippen molar-refractivity contribution in [1.82, 2.24) is 9.97 Å². The van der Waals surface area contributed by atoms with Crippen molar-refractivity contribution in [1.29, 1.82) is 0 Å². The third-order valence-corrected chi connectivity index (χ3v) is 6.49. The van der Waals surface area contributed by atoms with Gasteiger partial charge in [0.25, 0.3) is 0 Å². The van der Waals surface area contributed by atoms with Crippen LogP contribution in [0.3, 0.4) is 0 Å². The second-order valence-corrected chi connectivity index (χ2v) is 11.5. The third kappa shape index (κ3) is 5.65. The quantitative estimate of drug-likeness (QED) is 0.164. The van der Waals surface area contributed by atoms with Gasteiger partial charge in [-0.3, -0.25) is 9.97 Å². The third-order valence-electron chi connectivity index (χ3n) is 6.49. The van der Waals surface area contributed by atoms with Gasteiger partial charge in [0.15, 0.2) is 0 Å². The molecule has 0 saturated heterocycles. The van der Waals surface area contributed by atoms with E-state index in [-0.39, 0.29) is 31.9 Å². The summed E-state index contributed by atoms with van der Waals surface area (Å²) in [6.45, 7) is 13.6. The molecule has 3 heteroatoms. The molecule has 0 aliphatic carbocycles. The smallest absolute Gasteiger partial charge is 0.251 e. The molecular weight excluding hydrogens is 607 g/mol. The zero-order valence-corrected chi connectivity index (χ0v) is 23.7. The molecule has 8 bridgehead atoms. The van der Waals surface area contributed by atoms with Gasteiger partial charge in [0.05, 0.1) is 11.4 Å². The first-order valence-electron chi connectivity index (χ1n) is 12.1. The number of rotatable bonds is 0. The van der Waals surface area contributed by atoms with Crippen molar-refractivity contribution in [3.05, 3.63) is 106 Å². The van der Waals surface area contributed by atoms with E-state index in [2.05, 4.69) is 102 Å². The van der Waals surface area contributed by atoms with E-state index in [1.165, 1.54) is 11.1 Å². The minimum atomic E-state index is 0. The van der Waals surface area contributed by atoms with E-state index >= 15 is 0 Å². The summed E-state index contributed by atoms with van der Waals surface area (Å²) in [7, 11) is 0. The second kappa shape index (κ2) is 9.47. The van der Waals surface area contributed by atoms with Gasteiger partial charge in [-0.05, 0) is 47.9 Å². The SMILES string of the molecule is CC(C)(C)c1cc2[c-]c(c1)-c1[c-]c(cc(C(C)(C)C)c1)Cc1cccc(n1)-c1cccc(n1)C2.[Pt+2]. The molecule has 35 heavy (non-hydrogen) atoms. The second-order valence-electron chi connectivity index (χ2n) is 11.5. The Morgan fingerprint density at radius 3 is 1.37 bits per heavy atom. The van der Waals surface area contributed by atoms with Gasteiger partial charge < -0.3 is 0 Å². The first-order chi connectivity index (χ1) is 16.0. The fourth-order valence-corrected chi connectivity index (χ4v) is 4.44. The van der Waals surface area contributed by atoms with Crippen LogP contribution in [0.25, 0.3) is 22.5 Å². The Kier molecular flexibility index (Phi) is 6.91. The molecule has 180 valence electrons. The molecule has 0 atom stereocenters. The van der Waals surface area contributed by atoms with Crippen molar-refractivity contribution < 1.29 is 21.1 Å². The van der Waals surface area contributed by atoms with Crippen molar-refractivity contribution in [3.63, 3.8) is 0 Å². The van der Waals surface area contributed by atoms with Gasteiger partial charge in [0.1, 0.15) is 0 Å². The van der Waals surface area contributed by atoms with Crippen LogP contribution >= 0.6 is 0 Å². The van der Waals surface area contributed by atoms with Crippen LogP contribution in [0.2, 0.25) is 0 Å². The predicted octanol–water partition coefficient (Wildman–Crippen LogP) is 7.50. The average Bonchev–Trinajstić information content (AvgIpc) is 2.77. The minimum absolute atomic E-state index is 0. The Hall–Kier alpha value is -2.57. The average molecular weight is 640 g/mol. The molecule has 0 spiro atoms. The van der Waals surface area contributed by atoms with Crippen molar-refractivity contribution in [2.45, 2.75) is 65.2 Å². The summed E-state index contributed by atoms with van der Waals surface area (Å²) < 4.78 is 0. The van der Waals surface area contributed by atoms with Crippen LogP contribution < -0.4 is 0 Å². The van der Waals surface area contributed by atoms with Gasteiger partial charge in [0.2, 0.25) is 0 Å². The van der Waals surface area contributed by atoms with Crippen LogP contribution in [0.15, 0.2) is 60.7 Å². The molecule has 1 aliphatic heterocycles. The maximum absolute atomic E-state index is 4.96. The van der Waals surface area contributed by atoms with Gasteiger partial charge in [-0.2, -0.15) is 24.3 Å². The van der Waals surface area contributed by atoms with Gasteiger partial charge in [-0.25, -0.2) is 11.1 Å².